The van der Waals surface area contributed by atoms with Gasteiger partial charge in [0.1, 0.15) is 0 Å². The first-order valence-electron chi connectivity index (χ1n) is 4.37. The van der Waals surface area contributed by atoms with E-state index >= 15 is 0 Å². The van der Waals surface area contributed by atoms with Crippen LogP contribution in [0.4, 0.5) is 0 Å². The van der Waals surface area contributed by atoms with Gasteiger partial charge in [0.05, 0.1) is 13.2 Å². The molecule has 4 nitrogen and oxygen atoms in total. The molecule has 0 saturated heterocycles. The van der Waals surface area contributed by atoms with E-state index in [1.807, 2.05) is 13.8 Å². The van der Waals surface area contributed by atoms with Crippen molar-refractivity contribution in [2.75, 3.05) is 13.2 Å². The highest BCUT2D eigenvalue weighted by molar-refractivity contribution is 8.54. The highest BCUT2D eigenvalue weighted by Crippen LogP contribution is 2.58. The van der Waals surface area contributed by atoms with Gasteiger partial charge in [-0.3, -0.25) is 4.72 Å². The second kappa shape index (κ2) is 6.85. The molecule has 0 heterocycles. The van der Waals surface area contributed by atoms with Crippen LogP contribution in [0.15, 0.2) is 0 Å². The smallest absolute Gasteiger partial charge is 0.300 e. The molecule has 0 aromatic rings. The van der Waals surface area contributed by atoms with Crippen LogP contribution in [0.25, 0.3) is 0 Å². The summed E-state index contributed by atoms with van der Waals surface area (Å²) >= 11 is 1.04. The maximum Gasteiger partial charge on any atom is 0.403 e. The molecule has 0 radical (unpaired) electrons. The van der Waals surface area contributed by atoms with E-state index in [1.54, 1.807) is 13.8 Å². The lowest BCUT2D eigenvalue weighted by atomic mass is 10.4. The molecule has 0 aliphatic heterocycles. The molecule has 6 heteroatoms. The van der Waals surface area contributed by atoms with E-state index in [4.69, 9.17) is 9.05 Å². The minimum Gasteiger partial charge on any atom is -0.300 e. The van der Waals surface area contributed by atoms with Crippen LogP contribution < -0.4 is 4.72 Å². The molecule has 0 aliphatic carbocycles. The predicted octanol–water partition coefficient (Wildman–Crippen LogP) is 2.81. The van der Waals surface area contributed by atoms with Crippen molar-refractivity contribution >= 4 is 18.4 Å². The van der Waals surface area contributed by atoms with Crippen LogP contribution in [0.1, 0.15) is 27.7 Å². The number of nitrogens with one attached hydrogen (secondary N) is 1. The lowest BCUT2D eigenvalue weighted by Crippen LogP contribution is -2.14. The fourth-order valence-corrected chi connectivity index (χ4v) is 3.70. The molecule has 0 spiro atoms. The Morgan fingerprint density at radius 2 is 1.77 bits per heavy atom. The maximum absolute atomic E-state index is 11.8. The lowest BCUT2D eigenvalue weighted by molar-refractivity contribution is 0.236. The summed E-state index contributed by atoms with van der Waals surface area (Å²) in [5.41, 5.74) is 0. The minimum absolute atomic E-state index is 0.249. The van der Waals surface area contributed by atoms with Crippen molar-refractivity contribution in [1.82, 2.24) is 4.72 Å². The zero-order valence-electron chi connectivity index (χ0n) is 8.57. The number of hydrogen-bond acceptors (Lipinski definition) is 5. The molecule has 0 amide bonds. The standard InChI is InChI=1S/C7H18NO3PS/c1-5-10-12(9,11-6-2)13-8-7(3)4/h7-8H,5-6H2,1-4H3. The van der Waals surface area contributed by atoms with Crippen molar-refractivity contribution in [3.63, 3.8) is 0 Å². The first kappa shape index (κ1) is 13.5. The van der Waals surface area contributed by atoms with E-state index in [-0.39, 0.29) is 6.04 Å². The normalized spacial score (nSPS) is 12.4. The molecule has 0 fully saturated rings. The second-order valence-electron chi connectivity index (χ2n) is 2.65. The van der Waals surface area contributed by atoms with Crippen molar-refractivity contribution in [3.8, 4) is 0 Å². The molecule has 0 aromatic carbocycles. The molecular weight excluding hydrogens is 209 g/mol. The zero-order chi connectivity index (χ0) is 10.3. The third-order valence-corrected chi connectivity index (χ3v) is 4.54. The van der Waals surface area contributed by atoms with Crippen molar-refractivity contribution in [2.24, 2.45) is 0 Å². The first-order valence-corrected chi connectivity index (χ1v) is 7.33. The van der Waals surface area contributed by atoms with E-state index in [1.165, 1.54) is 0 Å². The third kappa shape index (κ3) is 6.52. The zero-order valence-corrected chi connectivity index (χ0v) is 10.3. The van der Waals surface area contributed by atoms with Gasteiger partial charge in [0, 0.05) is 17.6 Å². The molecule has 13 heavy (non-hydrogen) atoms. The van der Waals surface area contributed by atoms with Crippen molar-refractivity contribution in [2.45, 2.75) is 33.7 Å². The molecule has 1 N–H and O–H groups in total. The first-order chi connectivity index (χ1) is 6.04. The quantitative estimate of drug-likeness (QED) is 0.535. The van der Waals surface area contributed by atoms with Crippen LogP contribution in [0.3, 0.4) is 0 Å². The summed E-state index contributed by atoms with van der Waals surface area (Å²) < 4.78 is 24.8. The Kier molecular flexibility index (Phi) is 7.09. The van der Waals surface area contributed by atoms with Gasteiger partial charge in [-0.05, 0) is 27.7 Å². The Morgan fingerprint density at radius 3 is 2.08 bits per heavy atom. The van der Waals surface area contributed by atoms with Gasteiger partial charge < -0.3 is 9.05 Å². The monoisotopic (exact) mass is 227 g/mol. The molecule has 0 saturated carbocycles. The highest BCUT2D eigenvalue weighted by atomic mass is 32.7. The summed E-state index contributed by atoms with van der Waals surface area (Å²) in [4.78, 5) is 0. The molecule has 0 unspecified atom stereocenters. The Morgan fingerprint density at radius 1 is 1.31 bits per heavy atom. The molecule has 0 bridgehead atoms. The van der Waals surface area contributed by atoms with Gasteiger partial charge in [-0.2, -0.15) is 0 Å². The van der Waals surface area contributed by atoms with Gasteiger partial charge in [-0.1, -0.05) is 0 Å². The van der Waals surface area contributed by atoms with Crippen molar-refractivity contribution in [3.05, 3.63) is 0 Å². The van der Waals surface area contributed by atoms with Crippen molar-refractivity contribution in [1.29, 1.82) is 0 Å². The van der Waals surface area contributed by atoms with Crippen LogP contribution in [0, 0.1) is 0 Å². The van der Waals surface area contributed by atoms with E-state index in [0.717, 1.165) is 11.6 Å². The lowest BCUT2D eigenvalue weighted by Gasteiger charge is -2.17. The summed E-state index contributed by atoms with van der Waals surface area (Å²) in [5, 5.41) is 0. The predicted molar refractivity (Wildman–Crippen MR) is 56.7 cm³/mol. The average molecular weight is 227 g/mol. The van der Waals surface area contributed by atoms with Crippen LogP contribution >= 0.6 is 18.4 Å². The summed E-state index contributed by atoms with van der Waals surface area (Å²) in [7, 11) is 0. The van der Waals surface area contributed by atoms with Crippen LogP contribution in [-0.4, -0.2) is 19.3 Å². The Labute approximate surface area is 84.2 Å². The molecule has 0 aromatic heterocycles. The average Bonchev–Trinajstić information content (AvgIpc) is 2.02. The molecule has 0 aliphatic rings. The summed E-state index contributed by atoms with van der Waals surface area (Å²) in [6, 6.07) is 0.249. The Balaban J connectivity index is 3.99. The SMILES string of the molecule is CCOP(=O)(OCC)SNC(C)C. The van der Waals surface area contributed by atoms with Gasteiger partial charge in [0.15, 0.2) is 0 Å². The summed E-state index contributed by atoms with van der Waals surface area (Å²) in [6.07, 6.45) is 0. The molecule has 80 valence electrons. The molecule has 0 atom stereocenters. The largest absolute Gasteiger partial charge is 0.403 e. The topological polar surface area (TPSA) is 47.6 Å². The van der Waals surface area contributed by atoms with E-state index in [9.17, 15) is 4.57 Å². The van der Waals surface area contributed by atoms with E-state index in [2.05, 4.69) is 4.72 Å². The Hall–Kier alpha value is 0.460. The highest BCUT2D eigenvalue weighted by Gasteiger charge is 2.24. The Bertz CT molecular complexity index is 167. The van der Waals surface area contributed by atoms with Crippen LogP contribution in [0.2, 0.25) is 0 Å². The van der Waals surface area contributed by atoms with E-state index < -0.39 is 6.80 Å². The molecular formula is C7H18NO3PS. The molecule has 0 rings (SSSR count). The summed E-state index contributed by atoms with van der Waals surface area (Å²) in [6.45, 7) is 5.34. The van der Waals surface area contributed by atoms with Gasteiger partial charge in [-0.25, -0.2) is 4.57 Å². The number of rotatable bonds is 7. The van der Waals surface area contributed by atoms with Crippen molar-refractivity contribution < 1.29 is 13.6 Å². The van der Waals surface area contributed by atoms with Crippen LogP contribution in [0.5, 0.6) is 0 Å². The van der Waals surface area contributed by atoms with E-state index in [0.29, 0.717) is 13.2 Å². The van der Waals surface area contributed by atoms with Gasteiger partial charge in [0.2, 0.25) is 0 Å². The van der Waals surface area contributed by atoms with Crippen LogP contribution in [-0.2, 0) is 13.6 Å². The second-order valence-corrected chi connectivity index (χ2v) is 6.37. The number of hydrogen-bond donors (Lipinski definition) is 1. The fraction of sp³-hybridized carbons (Fsp3) is 1.00. The van der Waals surface area contributed by atoms with Gasteiger partial charge >= 0.3 is 6.80 Å². The van der Waals surface area contributed by atoms with Gasteiger partial charge in [0.25, 0.3) is 0 Å². The fourth-order valence-electron chi connectivity index (χ4n) is 0.576. The van der Waals surface area contributed by atoms with Gasteiger partial charge in [-0.15, -0.1) is 0 Å². The third-order valence-electron chi connectivity index (χ3n) is 0.975. The minimum atomic E-state index is -2.97. The summed E-state index contributed by atoms with van der Waals surface area (Å²) in [5.74, 6) is 0. The maximum atomic E-state index is 11.8.